The van der Waals surface area contributed by atoms with Gasteiger partial charge >= 0.3 is 0 Å². The number of aromatic hydroxyl groups is 1. The molecule has 0 aliphatic rings. The molecule has 1 heterocycles. The minimum Gasteiger partial charge on any atom is -0.506 e. The van der Waals surface area contributed by atoms with Crippen LogP contribution >= 0.6 is 0 Å². The van der Waals surface area contributed by atoms with Crippen molar-refractivity contribution in [2.45, 2.75) is 13.0 Å². The van der Waals surface area contributed by atoms with E-state index in [0.29, 0.717) is 18.7 Å². The Bertz CT molecular complexity index is 820. The van der Waals surface area contributed by atoms with E-state index in [2.05, 4.69) is 17.1 Å². The molecule has 0 spiro atoms. The lowest BCUT2D eigenvalue weighted by molar-refractivity contribution is 0.0744. The van der Waals surface area contributed by atoms with Crippen molar-refractivity contribution >= 4 is 5.91 Å². The first-order valence-corrected chi connectivity index (χ1v) is 8.23. The molecule has 0 saturated heterocycles. The third-order valence-corrected chi connectivity index (χ3v) is 3.99. The molecule has 1 N–H and O–H groups in total. The van der Waals surface area contributed by atoms with Gasteiger partial charge in [-0.3, -0.25) is 9.78 Å². The van der Waals surface area contributed by atoms with Crippen molar-refractivity contribution in [2.75, 3.05) is 6.54 Å². The largest absolute Gasteiger partial charge is 0.506 e. The second kappa shape index (κ2) is 8.11. The number of carbonyl (C=O) groups excluding carboxylic acids is 1. The predicted octanol–water partition coefficient (Wildman–Crippen LogP) is 3.67. The molecule has 0 fully saturated rings. The standard InChI is InChI=1S/C21H20N2O2/c24-20-13-19(14-22-15-20)21(25)23(16-18-9-5-2-6-10-18)12-11-17-7-3-1-4-8-17/h1-10,13-15,24H,11-12,16H2. The zero-order chi connectivity index (χ0) is 17.5. The van der Waals surface area contributed by atoms with Gasteiger partial charge in [-0.15, -0.1) is 0 Å². The molecule has 3 rings (SSSR count). The van der Waals surface area contributed by atoms with E-state index in [1.165, 1.54) is 24.0 Å². The maximum atomic E-state index is 12.9. The minimum absolute atomic E-state index is 0.00595. The summed E-state index contributed by atoms with van der Waals surface area (Å²) >= 11 is 0. The molecule has 1 aromatic heterocycles. The number of amides is 1. The number of pyridine rings is 1. The normalized spacial score (nSPS) is 10.4. The Labute approximate surface area is 147 Å². The number of aromatic nitrogens is 1. The molecule has 1 amide bonds. The van der Waals surface area contributed by atoms with Crippen molar-refractivity contribution in [3.05, 3.63) is 95.8 Å². The topological polar surface area (TPSA) is 53.4 Å². The molecule has 0 unspecified atom stereocenters. The fraction of sp³-hybridized carbons (Fsp3) is 0.143. The van der Waals surface area contributed by atoms with E-state index in [-0.39, 0.29) is 11.7 Å². The van der Waals surface area contributed by atoms with E-state index >= 15 is 0 Å². The lowest BCUT2D eigenvalue weighted by Crippen LogP contribution is -2.32. The van der Waals surface area contributed by atoms with Crippen LogP contribution in [-0.2, 0) is 13.0 Å². The van der Waals surface area contributed by atoms with Gasteiger partial charge in [0.05, 0.1) is 11.8 Å². The zero-order valence-electron chi connectivity index (χ0n) is 13.9. The Kier molecular flexibility index (Phi) is 5.42. The summed E-state index contributed by atoms with van der Waals surface area (Å²) in [7, 11) is 0. The quantitative estimate of drug-likeness (QED) is 0.749. The van der Waals surface area contributed by atoms with Crippen molar-refractivity contribution in [3.63, 3.8) is 0 Å². The first kappa shape index (κ1) is 16.7. The Morgan fingerprint density at radius 2 is 1.56 bits per heavy atom. The molecule has 126 valence electrons. The van der Waals surface area contributed by atoms with Gasteiger partial charge in [-0.1, -0.05) is 60.7 Å². The van der Waals surface area contributed by atoms with E-state index in [1.54, 1.807) is 4.90 Å². The molecular weight excluding hydrogens is 312 g/mol. The second-order valence-electron chi connectivity index (χ2n) is 5.88. The molecule has 0 aliphatic heterocycles. The van der Waals surface area contributed by atoms with Gasteiger partial charge in [0.1, 0.15) is 5.75 Å². The van der Waals surface area contributed by atoms with Crippen molar-refractivity contribution in [1.29, 1.82) is 0 Å². The van der Waals surface area contributed by atoms with Gasteiger partial charge in [0.25, 0.3) is 5.91 Å². The zero-order valence-corrected chi connectivity index (χ0v) is 13.9. The highest BCUT2D eigenvalue weighted by molar-refractivity contribution is 5.94. The van der Waals surface area contributed by atoms with Crippen molar-refractivity contribution in [3.8, 4) is 5.75 Å². The molecule has 2 aromatic carbocycles. The fourth-order valence-corrected chi connectivity index (χ4v) is 2.69. The number of hydrogen-bond donors (Lipinski definition) is 1. The first-order valence-electron chi connectivity index (χ1n) is 8.23. The van der Waals surface area contributed by atoms with Crippen LogP contribution in [0.5, 0.6) is 5.75 Å². The predicted molar refractivity (Wildman–Crippen MR) is 97.2 cm³/mol. The summed E-state index contributed by atoms with van der Waals surface area (Å²) in [6.45, 7) is 1.11. The summed E-state index contributed by atoms with van der Waals surface area (Å²) in [4.78, 5) is 18.6. The van der Waals surface area contributed by atoms with Crippen LogP contribution in [-0.4, -0.2) is 27.4 Å². The minimum atomic E-state index is -0.136. The molecule has 0 aliphatic carbocycles. The summed E-state index contributed by atoms with van der Waals surface area (Å²) in [6.07, 6.45) is 3.58. The highest BCUT2D eigenvalue weighted by Crippen LogP contribution is 2.14. The lowest BCUT2D eigenvalue weighted by Gasteiger charge is -2.23. The second-order valence-corrected chi connectivity index (χ2v) is 5.88. The van der Waals surface area contributed by atoms with Crippen LogP contribution in [0.25, 0.3) is 0 Å². The summed E-state index contributed by atoms with van der Waals surface area (Å²) in [6, 6.07) is 21.4. The van der Waals surface area contributed by atoms with Crippen LogP contribution in [0.15, 0.2) is 79.1 Å². The van der Waals surface area contributed by atoms with Gasteiger partial charge in [0.2, 0.25) is 0 Å². The van der Waals surface area contributed by atoms with E-state index in [9.17, 15) is 9.90 Å². The average Bonchev–Trinajstić information content (AvgIpc) is 2.66. The maximum Gasteiger partial charge on any atom is 0.255 e. The third kappa shape index (κ3) is 4.67. The molecule has 25 heavy (non-hydrogen) atoms. The van der Waals surface area contributed by atoms with Crippen molar-refractivity contribution in [2.24, 2.45) is 0 Å². The van der Waals surface area contributed by atoms with Crippen LogP contribution in [0.4, 0.5) is 0 Å². The maximum absolute atomic E-state index is 12.9. The molecule has 3 aromatic rings. The average molecular weight is 332 g/mol. The monoisotopic (exact) mass is 332 g/mol. The van der Waals surface area contributed by atoms with E-state index in [4.69, 9.17) is 0 Å². The summed E-state index contributed by atoms with van der Waals surface area (Å²) in [5.74, 6) is -0.142. The van der Waals surface area contributed by atoms with E-state index in [1.807, 2.05) is 48.5 Å². The Balaban J connectivity index is 1.79. The van der Waals surface area contributed by atoms with Crippen LogP contribution in [0.3, 0.4) is 0 Å². The highest BCUT2D eigenvalue weighted by Gasteiger charge is 2.17. The number of rotatable bonds is 6. The summed E-state index contributed by atoms with van der Waals surface area (Å²) < 4.78 is 0. The SMILES string of the molecule is O=C(c1cncc(O)c1)N(CCc1ccccc1)Cc1ccccc1. The number of carbonyl (C=O) groups is 1. The van der Waals surface area contributed by atoms with Crippen LogP contribution in [0.1, 0.15) is 21.5 Å². The fourth-order valence-electron chi connectivity index (χ4n) is 2.69. The van der Waals surface area contributed by atoms with Gasteiger partial charge in [-0.25, -0.2) is 0 Å². The van der Waals surface area contributed by atoms with Gasteiger partial charge in [0, 0.05) is 19.3 Å². The smallest absolute Gasteiger partial charge is 0.255 e. The van der Waals surface area contributed by atoms with Gasteiger partial charge in [-0.2, -0.15) is 0 Å². The van der Waals surface area contributed by atoms with Crippen LogP contribution in [0, 0.1) is 0 Å². The Hall–Kier alpha value is -3.14. The van der Waals surface area contributed by atoms with Crippen LogP contribution < -0.4 is 0 Å². The van der Waals surface area contributed by atoms with Crippen molar-refractivity contribution < 1.29 is 9.90 Å². The summed E-state index contributed by atoms with van der Waals surface area (Å²) in [5.41, 5.74) is 2.64. The lowest BCUT2D eigenvalue weighted by atomic mass is 10.1. The highest BCUT2D eigenvalue weighted by atomic mass is 16.3. The molecule has 0 radical (unpaired) electrons. The van der Waals surface area contributed by atoms with Gasteiger partial charge in [0.15, 0.2) is 0 Å². The first-order chi connectivity index (χ1) is 12.2. The molecule has 0 bridgehead atoms. The summed E-state index contributed by atoms with van der Waals surface area (Å²) in [5, 5.41) is 9.61. The van der Waals surface area contributed by atoms with Gasteiger partial charge < -0.3 is 10.0 Å². The van der Waals surface area contributed by atoms with Crippen molar-refractivity contribution in [1.82, 2.24) is 9.88 Å². The molecular formula is C21H20N2O2. The molecule has 0 atom stereocenters. The third-order valence-electron chi connectivity index (χ3n) is 3.99. The molecule has 0 saturated carbocycles. The van der Waals surface area contributed by atoms with E-state index in [0.717, 1.165) is 12.0 Å². The number of benzene rings is 2. The number of nitrogens with zero attached hydrogens (tertiary/aromatic N) is 2. The Morgan fingerprint density at radius 1 is 0.920 bits per heavy atom. The number of hydrogen-bond acceptors (Lipinski definition) is 3. The van der Waals surface area contributed by atoms with Gasteiger partial charge in [-0.05, 0) is 23.6 Å². The van der Waals surface area contributed by atoms with E-state index < -0.39 is 0 Å². The molecule has 4 heteroatoms. The Morgan fingerprint density at radius 3 is 2.20 bits per heavy atom. The van der Waals surface area contributed by atoms with Crippen LogP contribution in [0.2, 0.25) is 0 Å². The molecule has 4 nitrogen and oxygen atoms in total.